The highest BCUT2D eigenvalue weighted by Crippen LogP contribution is 2.35. The zero-order chi connectivity index (χ0) is 14.1. The molecule has 1 aliphatic rings. The number of rotatable bonds is 2. The van der Waals surface area contributed by atoms with Crippen LogP contribution < -0.4 is 4.90 Å². The summed E-state index contributed by atoms with van der Waals surface area (Å²) >= 11 is 0. The SMILES string of the molecule is CC1CN(C(=O)Cc2ccc(F)cc2)c2ccccc21. The minimum atomic E-state index is -0.277. The molecule has 0 aliphatic carbocycles. The highest BCUT2D eigenvalue weighted by Gasteiger charge is 2.29. The Labute approximate surface area is 117 Å². The van der Waals surface area contributed by atoms with Crippen LogP contribution in [0.15, 0.2) is 48.5 Å². The number of hydrogen-bond donors (Lipinski definition) is 0. The summed E-state index contributed by atoms with van der Waals surface area (Å²) in [7, 11) is 0. The minimum Gasteiger partial charge on any atom is -0.311 e. The zero-order valence-electron chi connectivity index (χ0n) is 11.3. The molecule has 20 heavy (non-hydrogen) atoms. The van der Waals surface area contributed by atoms with E-state index in [1.54, 1.807) is 12.1 Å². The minimum absolute atomic E-state index is 0.0633. The Bertz CT molecular complexity index is 636. The van der Waals surface area contributed by atoms with E-state index in [9.17, 15) is 9.18 Å². The lowest BCUT2D eigenvalue weighted by Gasteiger charge is -2.17. The van der Waals surface area contributed by atoms with Gasteiger partial charge in [-0.1, -0.05) is 37.3 Å². The van der Waals surface area contributed by atoms with Crippen LogP contribution in [-0.4, -0.2) is 12.5 Å². The van der Waals surface area contributed by atoms with Gasteiger partial charge in [0.25, 0.3) is 0 Å². The van der Waals surface area contributed by atoms with E-state index in [2.05, 4.69) is 13.0 Å². The van der Waals surface area contributed by atoms with Gasteiger partial charge in [0.15, 0.2) is 0 Å². The molecule has 3 heteroatoms. The maximum atomic E-state index is 12.9. The smallest absolute Gasteiger partial charge is 0.231 e. The second-order valence-electron chi connectivity index (χ2n) is 5.27. The van der Waals surface area contributed by atoms with Crippen LogP contribution in [0, 0.1) is 5.82 Å². The molecule has 1 atom stereocenters. The van der Waals surface area contributed by atoms with Gasteiger partial charge in [0.05, 0.1) is 6.42 Å². The maximum absolute atomic E-state index is 12.9. The molecule has 3 rings (SSSR count). The number of carbonyl (C=O) groups is 1. The van der Waals surface area contributed by atoms with Crippen molar-refractivity contribution < 1.29 is 9.18 Å². The van der Waals surface area contributed by atoms with Crippen LogP contribution in [0.4, 0.5) is 10.1 Å². The number of nitrogens with zero attached hydrogens (tertiary/aromatic N) is 1. The van der Waals surface area contributed by atoms with Crippen LogP contribution in [0.25, 0.3) is 0 Å². The number of halogens is 1. The predicted octanol–water partition coefficient (Wildman–Crippen LogP) is 3.52. The Hall–Kier alpha value is -2.16. The Balaban J connectivity index is 1.80. The summed E-state index contributed by atoms with van der Waals surface area (Å²) in [5.41, 5.74) is 3.07. The Morgan fingerprint density at radius 1 is 1.20 bits per heavy atom. The Morgan fingerprint density at radius 2 is 1.90 bits per heavy atom. The van der Waals surface area contributed by atoms with E-state index in [1.165, 1.54) is 17.7 Å². The number of fused-ring (bicyclic) bond motifs is 1. The molecule has 2 aromatic rings. The van der Waals surface area contributed by atoms with Gasteiger partial charge >= 0.3 is 0 Å². The van der Waals surface area contributed by atoms with Crippen LogP contribution in [0.3, 0.4) is 0 Å². The van der Waals surface area contributed by atoms with Gasteiger partial charge in [0, 0.05) is 18.2 Å². The van der Waals surface area contributed by atoms with Crippen molar-refractivity contribution in [3.63, 3.8) is 0 Å². The van der Waals surface area contributed by atoms with Crippen molar-refractivity contribution in [1.82, 2.24) is 0 Å². The van der Waals surface area contributed by atoms with Gasteiger partial charge in [-0.15, -0.1) is 0 Å². The number of benzene rings is 2. The Kier molecular flexibility index (Phi) is 3.26. The largest absolute Gasteiger partial charge is 0.311 e. The monoisotopic (exact) mass is 269 g/mol. The molecule has 1 amide bonds. The lowest BCUT2D eigenvalue weighted by Crippen LogP contribution is -2.30. The van der Waals surface area contributed by atoms with Gasteiger partial charge in [-0.25, -0.2) is 4.39 Å². The van der Waals surface area contributed by atoms with Crippen LogP contribution in [0.2, 0.25) is 0 Å². The van der Waals surface area contributed by atoms with E-state index in [1.807, 2.05) is 23.1 Å². The quantitative estimate of drug-likeness (QED) is 0.817. The third-order valence-electron chi connectivity index (χ3n) is 3.78. The van der Waals surface area contributed by atoms with Crippen molar-refractivity contribution in [2.45, 2.75) is 19.3 Å². The molecule has 1 heterocycles. The first-order valence-corrected chi connectivity index (χ1v) is 6.79. The van der Waals surface area contributed by atoms with E-state index in [-0.39, 0.29) is 11.7 Å². The first-order valence-electron chi connectivity index (χ1n) is 6.79. The molecule has 102 valence electrons. The standard InChI is InChI=1S/C17H16FNO/c1-12-11-19(16-5-3-2-4-15(12)16)17(20)10-13-6-8-14(18)9-7-13/h2-9,12H,10-11H2,1H3. The van der Waals surface area contributed by atoms with Crippen LogP contribution in [-0.2, 0) is 11.2 Å². The summed E-state index contributed by atoms with van der Waals surface area (Å²) in [6.45, 7) is 2.85. The molecule has 0 saturated carbocycles. The second-order valence-corrected chi connectivity index (χ2v) is 5.27. The van der Waals surface area contributed by atoms with Gasteiger partial charge < -0.3 is 4.90 Å². The summed E-state index contributed by atoms with van der Waals surface area (Å²) in [6.07, 6.45) is 0.307. The molecule has 2 nitrogen and oxygen atoms in total. The van der Waals surface area contributed by atoms with Crippen LogP contribution in [0.5, 0.6) is 0 Å². The normalized spacial score (nSPS) is 17.1. The van der Waals surface area contributed by atoms with E-state index >= 15 is 0 Å². The summed E-state index contributed by atoms with van der Waals surface area (Å²) in [4.78, 5) is 14.3. The van der Waals surface area contributed by atoms with Crippen molar-refractivity contribution in [2.24, 2.45) is 0 Å². The van der Waals surface area contributed by atoms with E-state index in [4.69, 9.17) is 0 Å². The number of carbonyl (C=O) groups excluding carboxylic acids is 1. The van der Waals surface area contributed by atoms with Crippen molar-refractivity contribution in [1.29, 1.82) is 0 Å². The van der Waals surface area contributed by atoms with Gasteiger partial charge in [0.2, 0.25) is 5.91 Å². The molecule has 1 aliphatic heterocycles. The molecule has 0 fully saturated rings. The number of amides is 1. The number of para-hydroxylation sites is 1. The molecule has 0 saturated heterocycles. The van der Waals surface area contributed by atoms with E-state index in [0.29, 0.717) is 12.3 Å². The fourth-order valence-electron chi connectivity index (χ4n) is 2.73. The molecular formula is C17H16FNO. The van der Waals surface area contributed by atoms with Crippen molar-refractivity contribution in [3.05, 3.63) is 65.5 Å². The highest BCUT2D eigenvalue weighted by atomic mass is 19.1. The molecule has 0 bridgehead atoms. The van der Waals surface area contributed by atoms with Crippen LogP contribution >= 0.6 is 0 Å². The van der Waals surface area contributed by atoms with E-state index < -0.39 is 0 Å². The fourth-order valence-corrected chi connectivity index (χ4v) is 2.73. The average Bonchev–Trinajstić information content (AvgIpc) is 2.79. The molecule has 0 radical (unpaired) electrons. The van der Waals surface area contributed by atoms with E-state index in [0.717, 1.165) is 17.8 Å². The van der Waals surface area contributed by atoms with Gasteiger partial charge in [-0.2, -0.15) is 0 Å². The third-order valence-corrected chi connectivity index (χ3v) is 3.78. The molecule has 1 unspecified atom stereocenters. The van der Waals surface area contributed by atoms with Crippen molar-refractivity contribution in [3.8, 4) is 0 Å². The second kappa shape index (κ2) is 5.08. The number of hydrogen-bond acceptors (Lipinski definition) is 1. The van der Waals surface area contributed by atoms with Crippen molar-refractivity contribution >= 4 is 11.6 Å². The summed E-state index contributed by atoms with van der Waals surface area (Å²) in [5.74, 6) is 0.151. The van der Waals surface area contributed by atoms with Crippen molar-refractivity contribution in [2.75, 3.05) is 11.4 Å². The van der Waals surface area contributed by atoms with Gasteiger partial charge in [-0.3, -0.25) is 4.79 Å². The lowest BCUT2D eigenvalue weighted by atomic mass is 10.0. The first kappa shape index (κ1) is 12.9. The summed E-state index contributed by atoms with van der Waals surface area (Å²) in [6, 6.07) is 14.1. The molecule has 2 aromatic carbocycles. The summed E-state index contributed by atoms with van der Waals surface area (Å²) < 4.78 is 12.9. The van der Waals surface area contributed by atoms with Gasteiger partial charge in [-0.05, 0) is 29.3 Å². The molecule has 0 spiro atoms. The average molecular weight is 269 g/mol. The fraction of sp³-hybridized carbons (Fsp3) is 0.235. The molecule has 0 aromatic heterocycles. The Morgan fingerprint density at radius 3 is 2.65 bits per heavy atom. The third kappa shape index (κ3) is 2.31. The first-order chi connectivity index (χ1) is 9.65. The number of anilines is 1. The predicted molar refractivity (Wildman–Crippen MR) is 77.3 cm³/mol. The lowest BCUT2D eigenvalue weighted by molar-refractivity contribution is -0.117. The highest BCUT2D eigenvalue weighted by molar-refractivity contribution is 5.97. The van der Waals surface area contributed by atoms with Gasteiger partial charge in [0.1, 0.15) is 5.82 Å². The topological polar surface area (TPSA) is 20.3 Å². The summed E-state index contributed by atoms with van der Waals surface area (Å²) in [5, 5.41) is 0. The zero-order valence-corrected chi connectivity index (χ0v) is 11.3. The van der Waals surface area contributed by atoms with Crippen LogP contribution in [0.1, 0.15) is 24.0 Å². The maximum Gasteiger partial charge on any atom is 0.231 e. The molecule has 0 N–H and O–H groups in total. The molecular weight excluding hydrogens is 253 g/mol.